The standard InChI is InChI=1S/C15H17ClN4/c16-11-5-3-4-10(8-11)12-9-19-15(17)20-14(12)13-6-1-2-7-18-13/h3-5,8-9,13,18H,1-2,6-7H2,(H2,17,19,20)/t13-/m1/s1. The van der Waals surface area contributed by atoms with Gasteiger partial charge in [0.1, 0.15) is 0 Å². The molecule has 0 radical (unpaired) electrons. The highest BCUT2D eigenvalue weighted by molar-refractivity contribution is 6.30. The number of nitrogens with one attached hydrogen (secondary N) is 1. The Balaban J connectivity index is 2.05. The van der Waals surface area contributed by atoms with Gasteiger partial charge in [0.15, 0.2) is 0 Å². The molecule has 0 unspecified atom stereocenters. The van der Waals surface area contributed by atoms with E-state index in [1.54, 1.807) is 6.20 Å². The molecule has 3 N–H and O–H groups in total. The van der Waals surface area contributed by atoms with Crippen LogP contribution in [0.5, 0.6) is 0 Å². The molecule has 3 rings (SSSR count). The quantitative estimate of drug-likeness (QED) is 0.891. The van der Waals surface area contributed by atoms with Gasteiger partial charge in [-0.15, -0.1) is 0 Å². The molecule has 1 fully saturated rings. The van der Waals surface area contributed by atoms with E-state index >= 15 is 0 Å². The maximum atomic E-state index is 6.08. The summed E-state index contributed by atoms with van der Waals surface area (Å²) in [6.45, 7) is 1.02. The van der Waals surface area contributed by atoms with E-state index in [2.05, 4.69) is 15.3 Å². The lowest BCUT2D eigenvalue weighted by Gasteiger charge is -2.25. The Kier molecular flexibility index (Phi) is 3.85. The van der Waals surface area contributed by atoms with Crippen LogP contribution in [0.2, 0.25) is 5.02 Å². The molecular weight excluding hydrogens is 272 g/mol. The van der Waals surface area contributed by atoms with Crippen LogP contribution in [0.15, 0.2) is 30.5 Å². The fraction of sp³-hybridized carbons (Fsp3) is 0.333. The topological polar surface area (TPSA) is 63.8 Å². The summed E-state index contributed by atoms with van der Waals surface area (Å²) in [7, 11) is 0. The van der Waals surface area contributed by atoms with E-state index in [1.165, 1.54) is 12.8 Å². The monoisotopic (exact) mass is 288 g/mol. The Morgan fingerprint density at radius 2 is 2.20 bits per heavy atom. The third-order valence-corrected chi connectivity index (χ3v) is 3.85. The third kappa shape index (κ3) is 2.76. The third-order valence-electron chi connectivity index (χ3n) is 3.61. The second kappa shape index (κ2) is 5.77. The molecule has 2 heterocycles. The molecule has 4 nitrogen and oxygen atoms in total. The van der Waals surface area contributed by atoms with Gasteiger partial charge in [0.25, 0.3) is 0 Å². The number of nitrogens with two attached hydrogens (primary N) is 1. The first-order valence-corrected chi connectivity index (χ1v) is 7.23. The average molecular weight is 289 g/mol. The smallest absolute Gasteiger partial charge is 0.220 e. The lowest BCUT2D eigenvalue weighted by molar-refractivity contribution is 0.406. The SMILES string of the molecule is Nc1ncc(-c2cccc(Cl)c2)c([C@H]2CCCCN2)n1. The summed E-state index contributed by atoms with van der Waals surface area (Å²) < 4.78 is 0. The lowest BCUT2D eigenvalue weighted by atomic mass is 9.96. The minimum Gasteiger partial charge on any atom is -0.368 e. The summed E-state index contributed by atoms with van der Waals surface area (Å²) in [4.78, 5) is 8.60. The molecule has 5 heteroatoms. The Morgan fingerprint density at radius 3 is 2.95 bits per heavy atom. The van der Waals surface area contributed by atoms with E-state index in [4.69, 9.17) is 17.3 Å². The van der Waals surface area contributed by atoms with Gasteiger partial charge >= 0.3 is 0 Å². The molecule has 1 saturated heterocycles. The molecule has 1 aromatic carbocycles. The van der Waals surface area contributed by atoms with Crippen molar-refractivity contribution in [2.45, 2.75) is 25.3 Å². The summed E-state index contributed by atoms with van der Waals surface area (Å²) in [5, 5.41) is 4.22. The normalized spacial score (nSPS) is 18.9. The Bertz CT molecular complexity index is 609. The van der Waals surface area contributed by atoms with Crippen molar-refractivity contribution in [2.75, 3.05) is 12.3 Å². The summed E-state index contributed by atoms with van der Waals surface area (Å²) in [5.74, 6) is 0.318. The minimum absolute atomic E-state index is 0.239. The van der Waals surface area contributed by atoms with Crippen molar-refractivity contribution in [3.05, 3.63) is 41.2 Å². The van der Waals surface area contributed by atoms with Crippen LogP contribution in [0.4, 0.5) is 5.95 Å². The second-order valence-electron chi connectivity index (χ2n) is 5.04. The summed E-state index contributed by atoms with van der Waals surface area (Å²) in [6.07, 6.45) is 5.28. The number of hydrogen-bond acceptors (Lipinski definition) is 4. The van der Waals surface area contributed by atoms with Crippen molar-refractivity contribution in [3.63, 3.8) is 0 Å². The fourth-order valence-corrected chi connectivity index (χ4v) is 2.83. The first-order chi connectivity index (χ1) is 9.74. The zero-order valence-corrected chi connectivity index (χ0v) is 11.9. The van der Waals surface area contributed by atoms with Gasteiger partial charge in [-0.3, -0.25) is 0 Å². The van der Waals surface area contributed by atoms with E-state index in [1.807, 2.05) is 24.3 Å². The number of nitrogens with zero attached hydrogens (tertiary/aromatic N) is 2. The average Bonchev–Trinajstić information content (AvgIpc) is 2.48. The largest absolute Gasteiger partial charge is 0.368 e. The van der Waals surface area contributed by atoms with Gasteiger partial charge in [-0.2, -0.15) is 0 Å². The predicted octanol–water partition coefficient (Wildman–Crippen LogP) is 3.19. The van der Waals surface area contributed by atoms with Crippen molar-refractivity contribution in [2.24, 2.45) is 0 Å². The van der Waals surface area contributed by atoms with E-state index in [-0.39, 0.29) is 6.04 Å². The zero-order chi connectivity index (χ0) is 13.9. The Labute approximate surface area is 123 Å². The summed E-state index contributed by atoms with van der Waals surface area (Å²) in [6, 6.07) is 7.99. The van der Waals surface area contributed by atoms with Gasteiger partial charge < -0.3 is 11.1 Å². The molecule has 1 aliphatic rings. The van der Waals surface area contributed by atoms with E-state index in [0.29, 0.717) is 11.0 Å². The van der Waals surface area contributed by atoms with E-state index in [0.717, 1.165) is 29.8 Å². The number of anilines is 1. The fourth-order valence-electron chi connectivity index (χ4n) is 2.64. The van der Waals surface area contributed by atoms with Crippen molar-refractivity contribution in [1.82, 2.24) is 15.3 Å². The molecular formula is C15H17ClN4. The zero-order valence-electron chi connectivity index (χ0n) is 11.1. The molecule has 0 spiro atoms. The summed E-state index contributed by atoms with van der Waals surface area (Å²) >= 11 is 6.08. The van der Waals surface area contributed by atoms with Crippen LogP contribution >= 0.6 is 11.6 Å². The van der Waals surface area contributed by atoms with Gasteiger partial charge in [-0.25, -0.2) is 9.97 Å². The van der Waals surface area contributed by atoms with Crippen molar-refractivity contribution in [1.29, 1.82) is 0 Å². The highest BCUT2D eigenvalue weighted by Gasteiger charge is 2.21. The van der Waals surface area contributed by atoms with Crippen molar-refractivity contribution < 1.29 is 0 Å². The number of hydrogen-bond donors (Lipinski definition) is 2. The number of benzene rings is 1. The van der Waals surface area contributed by atoms with Gasteiger partial charge in [0.05, 0.1) is 11.7 Å². The van der Waals surface area contributed by atoms with Crippen LogP contribution in [0.25, 0.3) is 11.1 Å². The number of rotatable bonds is 2. The molecule has 2 aromatic rings. The minimum atomic E-state index is 0.239. The Morgan fingerprint density at radius 1 is 1.30 bits per heavy atom. The number of nitrogen functional groups attached to an aromatic ring is 1. The van der Waals surface area contributed by atoms with Gasteiger partial charge in [-0.1, -0.05) is 30.2 Å². The molecule has 20 heavy (non-hydrogen) atoms. The van der Waals surface area contributed by atoms with Crippen LogP contribution in [0.1, 0.15) is 31.0 Å². The summed E-state index contributed by atoms with van der Waals surface area (Å²) in [5.41, 5.74) is 8.77. The molecule has 0 saturated carbocycles. The maximum absolute atomic E-state index is 6.08. The highest BCUT2D eigenvalue weighted by atomic mass is 35.5. The van der Waals surface area contributed by atoms with Crippen molar-refractivity contribution >= 4 is 17.5 Å². The van der Waals surface area contributed by atoms with E-state index < -0.39 is 0 Å². The van der Waals surface area contributed by atoms with Crippen LogP contribution < -0.4 is 11.1 Å². The van der Waals surface area contributed by atoms with Crippen molar-refractivity contribution in [3.8, 4) is 11.1 Å². The van der Waals surface area contributed by atoms with Crippen LogP contribution in [-0.4, -0.2) is 16.5 Å². The maximum Gasteiger partial charge on any atom is 0.220 e. The number of piperidine rings is 1. The first-order valence-electron chi connectivity index (χ1n) is 6.86. The van der Waals surface area contributed by atoms with E-state index in [9.17, 15) is 0 Å². The molecule has 0 amide bonds. The molecule has 1 aromatic heterocycles. The second-order valence-corrected chi connectivity index (χ2v) is 5.48. The lowest BCUT2D eigenvalue weighted by Crippen LogP contribution is -2.28. The molecule has 1 aliphatic heterocycles. The molecule has 104 valence electrons. The van der Waals surface area contributed by atoms with Crippen LogP contribution in [-0.2, 0) is 0 Å². The first kappa shape index (κ1) is 13.3. The molecule has 1 atom stereocenters. The predicted molar refractivity (Wildman–Crippen MR) is 81.5 cm³/mol. The number of aromatic nitrogens is 2. The molecule has 0 aliphatic carbocycles. The number of halogens is 1. The van der Waals surface area contributed by atoms with Gasteiger partial charge in [-0.05, 0) is 37.1 Å². The highest BCUT2D eigenvalue weighted by Crippen LogP contribution is 2.31. The Hall–Kier alpha value is -1.65. The van der Waals surface area contributed by atoms with Crippen LogP contribution in [0, 0.1) is 0 Å². The van der Waals surface area contributed by atoms with Crippen LogP contribution in [0.3, 0.4) is 0 Å². The molecule has 0 bridgehead atoms. The van der Waals surface area contributed by atoms with Gasteiger partial charge in [0, 0.05) is 16.8 Å². The van der Waals surface area contributed by atoms with Gasteiger partial charge in [0.2, 0.25) is 5.95 Å².